The van der Waals surface area contributed by atoms with Crippen molar-refractivity contribution < 1.29 is 14.3 Å². The normalized spacial score (nSPS) is 11.0. The number of pyridine rings is 2. The standard InChI is InChI=1S/C11H14N4O.C7H7NO2/c1-8(15-7-10(12)6-14-15)9-3-4-11(16-2)13-5-9;1-10-7-3-2-6(5-9)4-8-7/h3-8H,12H2,1-2H3;2-5H,1H3. The van der Waals surface area contributed by atoms with E-state index in [1.165, 1.54) is 13.3 Å². The second kappa shape index (κ2) is 9.16. The number of ether oxygens (including phenoxy) is 2. The lowest BCUT2D eigenvalue weighted by molar-refractivity contribution is 0.112. The van der Waals surface area contributed by atoms with Crippen molar-refractivity contribution in [2.24, 2.45) is 0 Å². The average Bonchev–Trinajstić information content (AvgIpc) is 3.14. The molecule has 3 heterocycles. The highest BCUT2D eigenvalue weighted by atomic mass is 16.5. The zero-order valence-electron chi connectivity index (χ0n) is 14.9. The van der Waals surface area contributed by atoms with Crippen LogP contribution in [0, 0.1) is 0 Å². The number of nitrogens with zero attached hydrogens (tertiary/aromatic N) is 4. The topological polar surface area (TPSA) is 105 Å². The van der Waals surface area contributed by atoms with Gasteiger partial charge in [-0.1, -0.05) is 0 Å². The number of nitrogens with two attached hydrogens (primary N) is 1. The van der Waals surface area contributed by atoms with Crippen LogP contribution in [0.5, 0.6) is 11.8 Å². The molecule has 3 aromatic heterocycles. The van der Waals surface area contributed by atoms with E-state index in [1.54, 1.807) is 42.5 Å². The number of anilines is 1. The fraction of sp³-hybridized carbons (Fsp3) is 0.222. The van der Waals surface area contributed by atoms with E-state index < -0.39 is 0 Å². The summed E-state index contributed by atoms with van der Waals surface area (Å²) in [7, 11) is 3.13. The van der Waals surface area contributed by atoms with Crippen LogP contribution in [0.15, 0.2) is 49.1 Å². The van der Waals surface area contributed by atoms with Gasteiger partial charge in [-0.05, 0) is 24.6 Å². The molecule has 0 bridgehead atoms. The Morgan fingerprint density at radius 2 is 1.69 bits per heavy atom. The van der Waals surface area contributed by atoms with E-state index in [1.807, 2.05) is 19.1 Å². The predicted molar refractivity (Wildman–Crippen MR) is 97.4 cm³/mol. The van der Waals surface area contributed by atoms with Gasteiger partial charge in [-0.15, -0.1) is 0 Å². The molecule has 0 aliphatic heterocycles. The van der Waals surface area contributed by atoms with Gasteiger partial charge in [-0.2, -0.15) is 5.10 Å². The van der Waals surface area contributed by atoms with E-state index in [0.717, 1.165) is 11.8 Å². The van der Waals surface area contributed by atoms with Crippen LogP contribution in [0.25, 0.3) is 0 Å². The van der Waals surface area contributed by atoms with Crippen LogP contribution >= 0.6 is 0 Å². The molecular formula is C18H21N5O3. The minimum atomic E-state index is 0.107. The Morgan fingerprint density at radius 3 is 2.12 bits per heavy atom. The second-order valence-electron chi connectivity index (χ2n) is 5.32. The van der Waals surface area contributed by atoms with Gasteiger partial charge in [-0.25, -0.2) is 9.97 Å². The van der Waals surface area contributed by atoms with Gasteiger partial charge in [0.25, 0.3) is 0 Å². The maximum atomic E-state index is 10.1. The van der Waals surface area contributed by atoms with Crippen molar-refractivity contribution in [1.82, 2.24) is 19.7 Å². The van der Waals surface area contributed by atoms with Crippen LogP contribution < -0.4 is 15.2 Å². The molecular weight excluding hydrogens is 334 g/mol. The summed E-state index contributed by atoms with van der Waals surface area (Å²) in [6.45, 7) is 2.04. The van der Waals surface area contributed by atoms with Gasteiger partial charge < -0.3 is 15.2 Å². The van der Waals surface area contributed by atoms with E-state index in [-0.39, 0.29) is 6.04 Å². The van der Waals surface area contributed by atoms with Gasteiger partial charge in [0.2, 0.25) is 11.8 Å². The number of carbonyl (C=O) groups excluding carboxylic acids is 1. The molecule has 0 aliphatic carbocycles. The first-order valence-corrected chi connectivity index (χ1v) is 7.82. The smallest absolute Gasteiger partial charge is 0.212 e. The molecule has 1 unspecified atom stereocenters. The van der Waals surface area contributed by atoms with E-state index >= 15 is 0 Å². The van der Waals surface area contributed by atoms with Crippen molar-refractivity contribution in [2.75, 3.05) is 20.0 Å². The minimum Gasteiger partial charge on any atom is -0.481 e. The molecule has 2 N–H and O–H groups in total. The summed E-state index contributed by atoms with van der Waals surface area (Å²) in [5, 5.41) is 4.17. The van der Waals surface area contributed by atoms with Gasteiger partial charge in [-0.3, -0.25) is 9.48 Å². The summed E-state index contributed by atoms with van der Waals surface area (Å²) >= 11 is 0. The molecule has 8 heteroatoms. The van der Waals surface area contributed by atoms with Crippen LogP contribution in [-0.4, -0.2) is 40.3 Å². The Labute approximate surface area is 151 Å². The van der Waals surface area contributed by atoms with Gasteiger partial charge >= 0.3 is 0 Å². The van der Waals surface area contributed by atoms with Crippen molar-refractivity contribution >= 4 is 12.0 Å². The number of aldehydes is 1. The lowest BCUT2D eigenvalue weighted by Gasteiger charge is -2.12. The molecule has 0 saturated carbocycles. The molecule has 26 heavy (non-hydrogen) atoms. The molecule has 0 saturated heterocycles. The summed E-state index contributed by atoms with van der Waals surface area (Å²) in [4.78, 5) is 18.1. The molecule has 0 amide bonds. The maximum absolute atomic E-state index is 10.1. The zero-order valence-corrected chi connectivity index (χ0v) is 14.9. The number of carbonyl (C=O) groups is 1. The van der Waals surface area contributed by atoms with Crippen molar-refractivity contribution in [3.05, 3.63) is 60.2 Å². The maximum Gasteiger partial charge on any atom is 0.212 e. The predicted octanol–water partition coefficient (Wildman–Crippen LogP) is 2.38. The molecule has 0 spiro atoms. The largest absolute Gasteiger partial charge is 0.481 e. The third kappa shape index (κ3) is 5.04. The van der Waals surface area contributed by atoms with Crippen LogP contribution in [-0.2, 0) is 0 Å². The Bertz CT molecular complexity index is 816. The van der Waals surface area contributed by atoms with E-state index in [2.05, 4.69) is 15.1 Å². The second-order valence-corrected chi connectivity index (χ2v) is 5.32. The molecule has 3 rings (SSSR count). The average molecular weight is 355 g/mol. The molecule has 0 radical (unpaired) electrons. The van der Waals surface area contributed by atoms with Crippen LogP contribution in [0.4, 0.5) is 5.69 Å². The molecule has 1 atom stereocenters. The number of methoxy groups -OCH3 is 2. The first kappa shape index (κ1) is 18.9. The molecule has 3 aromatic rings. The lowest BCUT2D eigenvalue weighted by Crippen LogP contribution is -2.07. The third-order valence-electron chi connectivity index (χ3n) is 3.57. The Morgan fingerprint density at radius 1 is 1.04 bits per heavy atom. The van der Waals surface area contributed by atoms with Crippen LogP contribution in [0.1, 0.15) is 28.9 Å². The SMILES string of the molecule is COc1ccc(C(C)n2cc(N)cn2)cn1.COc1ccc(C=O)cn1. The van der Waals surface area contributed by atoms with Crippen LogP contribution in [0.3, 0.4) is 0 Å². The highest BCUT2D eigenvalue weighted by Gasteiger charge is 2.09. The number of hydrogen-bond acceptors (Lipinski definition) is 7. The quantitative estimate of drug-likeness (QED) is 0.700. The van der Waals surface area contributed by atoms with Gasteiger partial charge in [0.1, 0.15) is 0 Å². The van der Waals surface area contributed by atoms with Crippen molar-refractivity contribution in [3.8, 4) is 11.8 Å². The van der Waals surface area contributed by atoms with Crippen molar-refractivity contribution in [1.29, 1.82) is 0 Å². The lowest BCUT2D eigenvalue weighted by atomic mass is 10.1. The van der Waals surface area contributed by atoms with E-state index in [0.29, 0.717) is 23.0 Å². The fourth-order valence-electron chi connectivity index (χ4n) is 2.06. The summed E-state index contributed by atoms with van der Waals surface area (Å²) in [5.74, 6) is 1.13. The third-order valence-corrected chi connectivity index (χ3v) is 3.57. The number of hydrogen-bond donors (Lipinski definition) is 1. The first-order chi connectivity index (χ1) is 12.6. The van der Waals surface area contributed by atoms with Gasteiger partial charge in [0.05, 0.1) is 32.1 Å². The highest BCUT2D eigenvalue weighted by molar-refractivity contribution is 5.73. The van der Waals surface area contributed by atoms with Gasteiger partial charge in [0.15, 0.2) is 6.29 Å². The zero-order chi connectivity index (χ0) is 18.9. The Hall–Kier alpha value is -3.42. The number of aromatic nitrogens is 4. The minimum absolute atomic E-state index is 0.107. The van der Waals surface area contributed by atoms with Gasteiger partial charge in [0, 0.05) is 36.3 Å². The van der Waals surface area contributed by atoms with E-state index in [4.69, 9.17) is 15.2 Å². The molecule has 0 aromatic carbocycles. The summed E-state index contributed by atoms with van der Waals surface area (Å²) in [5.41, 5.74) is 7.90. The fourth-order valence-corrected chi connectivity index (χ4v) is 2.06. The van der Waals surface area contributed by atoms with Crippen LogP contribution in [0.2, 0.25) is 0 Å². The molecule has 0 fully saturated rings. The molecule has 0 aliphatic rings. The summed E-state index contributed by atoms with van der Waals surface area (Å²) in [6, 6.07) is 7.20. The number of rotatable bonds is 5. The first-order valence-electron chi connectivity index (χ1n) is 7.82. The summed E-state index contributed by atoms with van der Waals surface area (Å²) in [6.07, 6.45) is 7.42. The Kier molecular flexibility index (Phi) is 6.67. The summed E-state index contributed by atoms with van der Waals surface area (Å²) < 4.78 is 11.6. The van der Waals surface area contributed by atoms with Crippen molar-refractivity contribution in [2.45, 2.75) is 13.0 Å². The molecule has 136 valence electrons. The van der Waals surface area contributed by atoms with E-state index in [9.17, 15) is 4.79 Å². The molecule has 8 nitrogen and oxygen atoms in total. The Balaban J connectivity index is 0.000000209. The van der Waals surface area contributed by atoms with Crippen molar-refractivity contribution in [3.63, 3.8) is 0 Å². The highest BCUT2D eigenvalue weighted by Crippen LogP contribution is 2.18. The number of nitrogen functional groups attached to an aromatic ring is 1. The monoisotopic (exact) mass is 355 g/mol.